The molecule has 0 aliphatic carbocycles. The number of rotatable bonds is 6. The van der Waals surface area contributed by atoms with Gasteiger partial charge in [-0.15, -0.1) is 0 Å². The topological polar surface area (TPSA) is 74.3 Å². The van der Waals surface area contributed by atoms with E-state index in [1.165, 1.54) is 0 Å². The minimum Gasteiger partial charge on any atom is -0.496 e. The number of imidazole rings is 1. The number of fused-ring (bicyclic) bond motifs is 1. The third kappa shape index (κ3) is 4.29. The first kappa shape index (κ1) is 16.8. The van der Waals surface area contributed by atoms with E-state index in [4.69, 9.17) is 4.74 Å². The Morgan fingerprint density at radius 3 is 2.72 bits per heavy atom. The molecule has 6 nitrogen and oxygen atoms in total. The standard InChI is InChI=1S/C19H23N5O/c1-20-19(22-13-14-7-3-6-10-17(14)25-2)21-12-11-18-23-15-8-4-5-9-16(15)24-18/h3-10H,11-13H2,1-2H3,(H,23,24)(H2,20,21,22). The molecule has 0 bridgehead atoms. The molecule has 0 saturated carbocycles. The van der Waals surface area contributed by atoms with Crippen molar-refractivity contribution in [1.29, 1.82) is 0 Å². The highest BCUT2D eigenvalue weighted by Crippen LogP contribution is 2.16. The first-order valence-electron chi connectivity index (χ1n) is 8.30. The fraction of sp³-hybridized carbons (Fsp3) is 0.263. The zero-order chi connectivity index (χ0) is 17.5. The van der Waals surface area contributed by atoms with Crippen LogP contribution in [0, 0.1) is 0 Å². The molecular formula is C19H23N5O. The summed E-state index contributed by atoms with van der Waals surface area (Å²) >= 11 is 0. The maximum atomic E-state index is 5.37. The van der Waals surface area contributed by atoms with Crippen molar-refractivity contribution in [3.8, 4) is 5.75 Å². The molecule has 0 aliphatic heterocycles. The summed E-state index contributed by atoms with van der Waals surface area (Å²) < 4.78 is 5.37. The van der Waals surface area contributed by atoms with Crippen LogP contribution in [-0.2, 0) is 13.0 Å². The number of aliphatic imine (C=N–C) groups is 1. The van der Waals surface area contributed by atoms with Gasteiger partial charge in [0.05, 0.1) is 18.1 Å². The van der Waals surface area contributed by atoms with Gasteiger partial charge in [0.2, 0.25) is 0 Å². The number of H-pyrrole nitrogens is 1. The number of aromatic amines is 1. The summed E-state index contributed by atoms with van der Waals surface area (Å²) in [5, 5.41) is 6.61. The van der Waals surface area contributed by atoms with Crippen LogP contribution in [0.5, 0.6) is 5.75 Å². The summed E-state index contributed by atoms with van der Waals surface area (Å²) in [7, 11) is 3.44. The summed E-state index contributed by atoms with van der Waals surface area (Å²) in [6.45, 7) is 1.39. The number of methoxy groups -OCH3 is 1. The van der Waals surface area contributed by atoms with Crippen LogP contribution in [0.2, 0.25) is 0 Å². The minimum absolute atomic E-state index is 0.647. The van der Waals surface area contributed by atoms with Crippen molar-refractivity contribution in [3.63, 3.8) is 0 Å². The van der Waals surface area contributed by atoms with Crippen LogP contribution in [0.15, 0.2) is 53.5 Å². The molecular weight excluding hydrogens is 314 g/mol. The summed E-state index contributed by atoms with van der Waals surface area (Å²) in [6.07, 6.45) is 0.796. The molecule has 0 atom stereocenters. The predicted molar refractivity (Wildman–Crippen MR) is 101 cm³/mol. The Bertz CT molecular complexity index is 823. The smallest absolute Gasteiger partial charge is 0.191 e. The summed E-state index contributed by atoms with van der Waals surface area (Å²) in [5.74, 6) is 2.59. The van der Waals surface area contributed by atoms with Crippen molar-refractivity contribution in [2.24, 2.45) is 4.99 Å². The molecule has 3 N–H and O–H groups in total. The monoisotopic (exact) mass is 337 g/mol. The van der Waals surface area contributed by atoms with Gasteiger partial charge in [0.15, 0.2) is 5.96 Å². The third-order valence-corrected chi connectivity index (χ3v) is 3.96. The number of aromatic nitrogens is 2. The lowest BCUT2D eigenvalue weighted by molar-refractivity contribution is 0.409. The van der Waals surface area contributed by atoms with Crippen molar-refractivity contribution in [2.75, 3.05) is 20.7 Å². The molecule has 0 spiro atoms. The Kier molecular flexibility index (Phi) is 5.51. The number of hydrogen-bond donors (Lipinski definition) is 3. The summed E-state index contributed by atoms with van der Waals surface area (Å²) in [4.78, 5) is 12.2. The Morgan fingerprint density at radius 1 is 1.12 bits per heavy atom. The molecule has 1 heterocycles. The molecule has 1 aromatic heterocycles. The first-order valence-corrected chi connectivity index (χ1v) is 8.30. The van der Waals surface area contributed by atoms with Gasteiger partial charge in [0.25, 0.3) is 0 Å². The van der Waals surface area contributed by atoms with Gasteiger partial charge in [-0.25, -0.2) is 4.98 Å². The van der Waals surface area contributed by atoms with E-state index in [1.54, 1.807) is 14.2 Å². The first-order chi connectivity index (χ1) is 12.3. The maximum Gasteiger partial charge on any atom is 0.191 e. The van der Waals surface area contributed by atoms with Gasteiger partial charge in [-0.3, -0.25) is 4.99 Å². The van der Waals surface area contributed by atoms with E-state index in [0.29, 0.717) is 6.54 Å². The van der Waals surface area contributed by atoms with Gasteiger partial charge in [-0.1, -0.05) is 30.3 Å². The van der Waals surface area contributed by atoms with E-state index in [0.717, 1.165) is 47.1 Å². The average Bonchev–Trinajstić information content (AvgIpc) is 3.07. The zero-order valence-electron chi connectivity index (χ0n) is 14.5. The van der Waals surface area contributed by atoms with Crippen LogP contribution in [0.25, 0.3) is 11.0 Å². The molecule has 3 rings (SSSR count). The maximum absolute atomic E-state index is 5.37. The highest BCUT2D eigenvalue weighted by molar-refractivity contribution is 5.79. The zero-order valence-corrected chi connectivity index (χ0v) is 14.5. The molecule has 130 valence electrons. The van der Waals surface area contributed by atoms with E-state index in [-0.39, 0.29) is 0 Å². The fourth-order valence-electron chi connectivity index (χ4n) is 2.67. The second kappa shape index (κ2) is 8.19. The Balaban J connectivity index is 1.51. The molecule has 0 unspecified atom stereocenters. The molecule has 0 aliphatic rings. The van der Waals surface area contributed by atoms with Crippen LogP contribution in [0.3, 0.4) is 0 Å². The number of para-hydroxylation sites is 3. The molecule has 0 saturated heterocycles. The number of benzene rings is 2. The highest BCUT2D eigenvalue weighted by atomic mass is 16.5. The van der Waals surface area contributed by atoms with Gasteiger partial charge in [0.1, 0.15) is 11.6 Å². The molecule has 6 heteroatoms. The van der Waals surface area contributed by atoms with Crippen molar-refractivity contribution < 1.29 is 4.74 Å². The van der Waals surface area contributed by atoms with Crippen LogP contribution >= 0.6 is 0 Å². The molecule has 2 aromatic carbocycles. The van der Waals surface area contributed by atoms with E-state index in [1.807, 2.05) is 48.5 Å². The van der Waals surface area contributed by atoms with Crippen molar-refractivity contribution >= 4 is 17.0 Å². The van der Waals surface area contributed by atoms with E-state index < -0.39 is 0 Å². The van der Waals surface area contributed by atoms with Gasteiger partial charge in [-0.2, -0.15) is 0 Å². The summed E-state index contributed by atoms with van der Waals surface area (Å²) in [5.41, 5.74) is 3.15. The van der Waals surface area contributed by atoms with E-state index in [2.05, 4.69) is 25.6 Å². The van der Waals surface area contributed by atoms with Crippen LogP contribution in [0.4, 0.5) is 0 Å². The summed E-state index contributed by atoms with van der Waals surface area (Å²) in [6, 6.07) is 16.0. The van der Waals surface area contributed by atoms with Crippen LogP contribution < -0.4 is 15.4 Å². The third-order valence-electron chi connectivity index (χ3n) is 3.96. The van der Waals surface area contributed by atoms with E-state index >= 15 is 0 Å². The minimum atomic E-state index is 0.647. The molecule has 3 aromatic rings. The van der Waals surface area contributed by atoms with Gasteiger partial charge < -0.3 is 20.4 Å². The highest BCUT2D eigenvalue weighted by Gasteiger charge is 2.05. The van der Waals surface area contributed by atoms with Gasteiger partial charge in [-0.05, 0) is 18.2 Å². The molecule has 25 heavy (non-hydrogen) atoms. The second-order valence-corrected chi connectivity index (χ2v) is 5.62. The lowest BCUT2D eigenvalue weighted by Crippen LogP contribution is -2.38. The Morgan fingerprint density at radius 2 is 1.92 bits per heavy atom. The van der Waals surface area contributed by atoms with Crippen molar-refractivity contribution in [2.45, 2.75) is 13.0 Å². The number of nitrogens with one attached hydrogen (secondary N) is 3. The number of hydrogen-bond acceptors (Lipinski definition) is 3. The fourth-order valence-corrected chi connectivity index (χ4v) is 2.67. The van der Waals surface area contributed by atoms with Crippen LogP contribution in [-0.4, -0.2) is 36.6 Å². The molecule has 0 radical (unpaired) electrons. The Labute approximate surface area is 147 Å². The van der Waals surface area contributed by atoms with E-state index in [9.17, 15) is 0 Å². The predicted octanol–water partition coefficient (Wildman–Crippen LogP) is 2.48. The van der Waals surface area contributed by atoms with Crippen molar-refractivity contribution in [1.82, 2.24) is 20.6 Å². The molecule has 0 fully saturated rings. The lowest BCUT2D eigenvalue weighted by Gasteiger charge is -2.13. The normalized spacial score (nSPS) is 11.5. The number of nitrogens with zero attached hydrogens (tertiary/aromatic N) is 2. The number of ether oxygens (including phenoxy) is 1. The quantitative estimate of drug-likeness (QED) is 0.477. The Hall–Kier alpha value is -3.02. The van der Waals surface area contributed by atoms with Gasteiger partial charge >= 0.3 is 0 Å². The number of guanidine groups is 1. The lowest BCUT2D eigenvalue weighted by atomic mass is 10.2. The van der Waals surface area contributed by atoms with Crippen molar-refractivity contribution in [3.05, 3.63) is 59.9 Å². The largest absolute Gasteiger partial charge is 0.496 e. The molecule has 0 amide bonds. The second-order valence-electron chi connectivity index (χ2n) is 5.62. The SMILES string of the molecule is CN=C(NCCc1nc2ccccc2[nH]1)NCc1ccccc1OC. The van der Waals surface area contributed by atoms with Gasteiger partial charge in [0, 0.05) is 32.1 Å². The average molecular weight is 337 g/mol. The van der Waals surface area contributed by atoms with Crippen LogP contribution in [0.1, 0.15) is 11.4 Å².